The third-order valence-electron chi connectivity index (χ3n) is 4.70. The van der Waals surface area contributed by atoms with Gasteiger partial charge in [0.1, 0.15) is 5.69 Å². The van der Waals surface area contributed by atoms with Gasteiger partial charge in [-0.15, -0.1) is 0 Å². The summed E-state index contributed by atoms with van der Waals surface area (Å²) in [6.45, 7) is 6.60. The fourth-order valence-electron chi connectivity index (χ4n) is 2.84. The van der Waals surface area contributed by atoms with E-state index in [2.05, 4.69) is 5.32 Å². The number of hydrogen-bond acceptors (Lipinski definition) is 6. The summed E-state index contributed by atoms with van der Waals surface area (Å²) in [7, 11) is 0. The van der Waals surface area contributed by atoms with Crippen LogP contribution in [-0.2, 0) is 14.3 Å². The molecule has 0 radical (unpaired) electrons. The highest BCUT2D eigenvalue weighted by molar-refractivity contribution is 5.99. The number of ketones is 1. The third kappa shape index (κ3) is 5.97. The fraction of sp³-hybridized carbons (Fsp3) is 0.318. The minimum atomic E-state index is -0.699. The Hall–Kier alpha value is -3.55. The SMILES string of the molecule is Cc1ccc(C)c(C(=O)CCC(=O)OCC(=O)Nc2cc(C)c(C)cc2[N+](=O)[O-])c1. The van der Waals surface area contributed by atoms with E-state index in [1.54, 1.807) is 19.9 Å². The van der Waals surface area contributed by atoms with E-state index in [-0.39, 0.29) is 30.0 Å². The molecule has 0 aliphatic heterocycles. The Morgan fingerprint density at radius 1 is 0.967 bits per heavy atom. The second-order valence-corrected chi connectivity index (χ2v) is 7.16. The average molecular weight is 412 g/mol. The number of nitrogens with one attached hydrogen (secondary N) is 1. The van der Waals surface area contributed by atoms with Crippen molar-refractivity contribution < 1.29 is 24.0 Å². The Morgan fingerprint density at radius 3 is 2.30 bits per heavy atom. The average Bonchev–Trinajstić information content (AvgIpc) is 2.68. The van der Waals surface area contributed by atoms with Crippen molar-refractivity contribution >= 4 is 29.0 Å². The van der Waals surface area contributed by atoms with Gasteiger partial charge in [-0.1, -0.05) is 17.7 Å². The van der Waals surface area contributed by atoms with Crippen LogP contribution in [0.4, 0.5) is 11.4 Å². The van der Waals surface area contributed by atoms with E-state index in [1.165, 1.54) is 12.1 Å². The first-order chi connectivity index (χ1) is 14.1. The second kappa shape index (κ2) is 9.78. The fourth-order valence-corrected chi connectivity index (χ4v) is 2.84. The molecule has 0 saturated heterocycles. The number of rotatable bonds is 8. The topological polar surface area (TPSA) is 116 Å². The molecule has 2 aromatic rings. The molecule has 0 bridgehead atoms. The van der Waals surface area contributed by atoms with Crippen LogP contribution in [0.25, 0.3) is 0 Å². The van der Waals surface area contributed by atoms with Crippen LogP contribution in [0.1, 0.15) is 45.5 Å². The molecule has 0 aliphatic rings. The number of Topliss-reactive ketones (excluding diaryl/α,β-unsaturated/α-hetero) is 1. The molecule has 2 rings (SSSR count). The molecule has 1 amide bonds. The molecule has 0 unspecified atom stereocenters. The molecule has 8 nitrogen and oxygen atoms in total. The number of nitro benzene ring substituents is 1. The Kier molecular flexibility index (Phi) is 7.41. The van der Waals surface area contributed by atoms with Crippen molar-refractivity contribution in [3.05, 3.63) is 68.3 Å². The quantitative estimate of drug-likeness (QED) is 0.303. The molecule has 2 aromatic carbocycles. The normalized spacial score (nSPS) is 10.4. The predicted molar refractivity (Wildman–Crippen MR) is 112 cm³/mol. The van der Waals surface area contributed by atoms with Crippen LogP contribution < -0.4 is 5.32 Å². The smallest absolute Gasteiger partial charge is 0.306 e. The standard InChI is InChI=1S/C22H24N2O6/c1-13-5-6-14(2)17(9-13)20(25)7-8-22(27)30-12-21(26)23-18-10-15(3)16(4)11-19(18)24(28)29/h5-6,9-11H,7-8,12H2,1-4H3,(H,23,26). The summed E-state index contributed by atoms with van der Waals surface area (Å²) >= 11 is 0. The number of esters is 1. The van der Waals surface area contributed by atoms with Gasteiger partial charge >= 0.3 is 5.97 Å². The molecular weight excluding hydrogens is 388 g/mol. The summed E-state index contributed by atoms with van der Waals surface area (Å²) in [4.78, 5) is 46.9. The van der Waals surface area contributed by atoms with Gasteiger partial charge in [0.25, 0.3) is 11.6 Å². The zero-order valence-corrected chi connectivity index (χ0v) is 17.4. The highest BCUT2D eigenvalue weighted by Crippen LogP contribution is 2.27. The molecule has 0 atom stereocenters. The van der Waals surface area contributed by atoms with Gasteiger partial charge in [0.2, 0.25) is 0 Å². The molecule has 30 heavy (non-hydrogen) atoms. The number of nitro groups is 1. The zero-order valence-electron chi connectivity index (χ0n) is 17.4. The molecule has 0 spiro atoms. The van der Waals surface area contributed by atoms with Crippen molar-refractivity contribution in [2.24, 2.45) is 0 Å². The van der Waals surface area contributed by atoms with Crippen molar-refractivity contribution in [3.8, 4) is 0 Å². The van der Waals surface area contributed by atoms with Gasteiger partial charge in [0.15, 0.2) is 12.4 Å². The van der Waals surface area contributed by atoms with Crippen molar-refractivity contribution in [1.82, 2.24) is 0 Å². The minimum Gasteiger partial charge on any atom is -0.456 e. The molecule has 0 aromatic heterocycles. The Labute approximate surface area is 174 Å². The largest absolute Gasteiger partial charge is 0.456 e. The van der Waals surface area contributed by atoms with E-state index >= 15 is 0 Å². The highest BCUT2D eigenvalue weighted by atomic mass is 16.6. The summed E-state index contributed by atoms with van der Waals surface area (Å²) in [6, 6.07) is 8.38. The van der Waals surface area contributed by atoms with E-state index in [4.69, 9.17) is 4.74 Å². The van der Waals surface area contributed by atoms with Gasteiger partial charge < -0.3 is 10.1 Å². The maximum absolute atomic E-state index is 12.3. The summed E-state index contributed by atoms with van der Waals surface area (Å²) in [5.41, 5.74) is 3.63. The molecule has 1 N–H and O–H groups in total. The van der Waals surface area contributed by atoms with Crippen LogP contribution in [0.5, 0.6) is 0 Å². The first kappa shape index (κ1) is 22.7. The first-order valence-corrected chi connectivity index (χ1v) is 9.40. The van der Waals surface area contributed by atoms with Crippen LogP contribution in [0, 0.1) is 37.8 Å². The lowest BCUT2D eigenvalue weighted by Crippen LogP contribution is -2.21. The van der Waals surface area contributed by atoms with E-state index < -0.39 is 23.4 Å². The van der Waals surface area contributed by atoms with Gasteiger partial charge in [-0.2, -0.15) is 0 Å². The van der Waals surface area contributed by atoms with Crippen molar-refractivity contribution in [3.63, 3.8) is 0 Å². The van der Waals surface area contributed by atoms with Crippen LogP contribution in [-0.4, -0.2) is 29.2 Å². The van der Waals surface area contributed by atoms with Gasteiger partial charge in [0, 0.05) is 18.1 Å². The lowest BCUT2D eigenvalue weighted by molar-refractivity contribution is -0.384. The Balaban J connectivity index is 1.89. The van der Waals surface area contributed by atoms with Crippen molar-refractivity contribution in [2.45, 2.75) is 40.5 Å². The lowest BCUT2D eigenvalue weighted by Gasteiger charge is -2.09. The molecule has 158 valence electrons. The number of hydrogen-bond donors (Lipinski definition) is 1. The molecule has 0 aliphatic carbocycles. The lowest BCUT2D eigenvalue weighted by atomic mass is 9.99. The number of nitrogens with zero attached hydrogens (tertiary/aromatic N) is 1. The number of anilines is 1. The summed E-state index contributed by atoms with van der Waals surface area (Å²) in [5.74, 6) is -1.57. The number of amides is 1. The molecule has 0 fully saturated rings. The van der Waals surface area contributed by atoms with Crippen LogP contribution in [0.2, 0.25) is 0 Å². The minimum absolute atomic E-state index is 0.0344. The van der Waals surface area contributed by atoms with E-state index in [0.717, 1.165) is 22.3 Å². The zero-order chi connectivity index (χ0) is 22.4. The first-order valence-electron chi connectivity index (χ1n) is 9.40. The molecule has 8 heteroatoms. The van der Waals surface area contributed by atoms with E-state index in [1.807, 2.05) is 26.0 Å². The maximum Gasteiger partial charge on any atom is 0.306 e. The van der Waals surface area contributed by atoms with Crippen molar-refractivity contribution in [1.29, 1.82) is 0 Å². The van der Waals surface area contributed by atoms with Crippen LogP contribution in [0.3, 0.4) is 0 Å². The van der Waals surface area contributed by atoms with Crippen LogP contribution >= 0.6 is 0 Å². The number of aryl methyl sites for hydroxylation is 4. The second-order valence-electron chi connectivity index (χ2n) is 7.16. The monoisotopic (exact) mass is 412 g/mol. The van der Waals surface area contributed by atoms with E-state index in [9.17, 15) is 24.5 Å². The number of ether oxygens (including phenoxy) is 1. The summed E-state index contributed by atoms with van der Waals surface area (Å²) < 4.78 is 4.90. The van der Waals surface area contributed by atoms with Crippen LogP contribution in [0.15, 0.2) is 30.3 Å². The van der Waals surface area contributed by atoms with Gasteiger partial charge in [-0.25, -0.2) is 0 Å². The third-order valence-corrected chi connectivity index (χ3v) is 4.70. The Morgan fingerprint density at radius 2 is 1.63 bits per heavy atom. The van der Waals surface area contributed by atoms with E-state index in [0.29, 0.717) is 5.56 Å². The van der Waals surface area contributed by atoms with Crippen molar-refractivity contribution in [2.75, 3.05) is 11.9 Å². The number of carbonyl (C=O) groups excluding carboxylic acids is 3. The summed E-state index contributed by atoms with van der Waals surface area (Å²) in [5, 5.41) is 13.6. The summed E-state index contributed by atoms with van der Waals surface area (Å²) in [6.07, 6.45) is -0.198. The molecular formula is C22H24N2O6. The van der Waals surface area contributed by atoms with Gasteiger partial charge in [-0.05, 0) is 56.5 Å². The van der Waals surface area contributed by atoms with Gasteiger partial charge in [-0.3, -0.25) is 24.5 Å². The van der Waals surface area contributed by atoms with Gasteiger partial charge in [0.05, 0.1) is 11.3 Å². The predicted octanol–water partition coefficient (Wildman–Crippen LogP) is 3.97. The Bertz CT molecular complexity index is 1010. The number of benzene rings is 2. The maximum atomic E-state index is 12.3. The highest BCUT2D eigenvalue weighted by Gasteiger charge is 2.19. The number of carbonyl (C=O) groups is 3. The molecule has 0 heterocycles. The molecule has 0 saturated carbocycles.